The minimum atomic E-state index is 0.479. The van der Waals surface area contributed by atoms with Gasteiger partial charge in [-0.2, -0.15) is 0 Å². The standard InChI is InChI=1S/C12H16O.C4H11N.C2H6/c1-9(2)10(3)11-6-5-7-12(8-11)13-4;1-4-5(2)3;1-2/h5-9H,3H2,1-2,4H3;4H2,1-3H3;1-2H3. The molecule has 0 aliphatic rings. The molecule has 0 radical (unpaired) electrons. The Labute approximate surface area is 126 Å². The summed E-state index contributed by atoms with van der Waals surface area (Å²) in [7, 11) is 5.79. The molecule has 0 saturated heterocycles. The monoisotopic (exact) mass is 279 g/mol. The van der Waals surface area contributed by atoms with Gasteiger partial charge in [-0.3, -0.25) is 0 Å². The summed E-state index contributed by atoms with van der Waals surface area (Å²) in [4.78, 5) is 2.12. The summed E-state index contributed by atoms with van der Waals surface area (Å²) in [5.74, 6) is 1.37. The Morgan fingerprint density at radius 1 is 1.25 bits per heavy atom. The SMILES string of the molecule is C=C(c1cccc(OC)c1)C(C)C.CC.CCN(C)C. The van der Waals surface area contributed by atoms with Gasteiger partial charge in [-0.25, -0.2) is 0 Å². The van der Waals surface area contributed by atoms with Gasteiger partial charge in [0.1, 0.15) is 5.75 Å². The first-order chi connectivity index (χ1) is 9.42. The van der Waals surface area contributed by atoms with E-state index in [1.165, 1.54) is 0 Å². The Morgan fingerprint density at radius 2 is 1.75 bits per heavy atom. The molecule has 0 saturated carbocycles. The molecule has 0 spiro atoms. The highest BCUT2D eigenvalue weighted by Gasteiger charge is 2.03. The number of nitrogens with zero attached hydrogens (tertiary/aromatic N) is 1. The molecule has 0 aliphatic heterocycles. The molecule has 1 aromatic rings. The maximum Gasteiger partial charge on any atom is 0.119 e. The molecule has 0 atom stereocenters. The lowest BCUT2D eigenvalue weighted by Crippen LogP contribution is -2.08. The van der Waals surface area contributed by atoms with Crippen LogP contribution in [0.5, 0.6) is 5.75 Å². The van der Waals surface area contributed by atoms with E-state index in [9.17, 15) is 0 Å². The Hall–Kier alpha value is -1.28. The van der Waals surface area contributed by atoms with Gasteiger partial charge in [0.25, 0.3) is 0 Å². The van der Waals surface area contributed by atoms with Crippen LogP contribution >= 0.6 is 0 Å². The first kappa shape index (κ1) is 21.0. The Morgan fingerprint density at radius 3 is 2.10 bits per heavy atom. The molecule has 116 valence electrons. The average Bonchev–Trinajstić information content (AvgIpc) is 2.49. The highest BCUT2D eigenvalue weighted by atomic mass is 16.5. The smallest absolute Gasteiger partial charge is 0.119 e. The second kappa shape index (κ2) is 12.7. The number of allylic oxidation sites excluding steroid dienone is 1. The molecule has 2 heteroatoms. The van der Waals surface area contributed by atoms with Crippen molar-refractivity contribution < 1.29 is 4.74 Å². The highest BCUT2D eigenvalue weighted by Crippen LogP contribution is 2.23. The summed E-state index contributed by atoms with van der Waals surface area (Å²) >= 11 is 0. The molecular weight excluding hydrogens is 246 g/mol. The van der Waals surface area contributed by atoms with Crippen LogP contribution in [0.4, 0.5) is 0 Å². The summed E-state index contributed by atoms with van der Waals surface area (Å²) in [6.07, 6.45) is 0. The van der Waals surface area contributed by atoms with Gasteiger partial charge in [0.05, 0.1) is 7.11 Å². The molecule has 20 heavy (non-hydrogen) atoms. The maximum absolute atomic E-state index is 5.14. The van der Waals surface area contributed by atoms with Crippen LogP contribution in [-0.4, -0.2) is 32.6 Å². The zero-order chi connectivity index (χ0) is 16.1. The van der Waals surface area contributed by atoms with Crippen molar-refractivity contribution in [3.05, 3.63) is 36.4 Å². The summed E-state index contributed by atoms with van der Waals surface area (Å²) in [5.41, 5.74) is 2.31. The molecule has 0 aliphatic carbocycles. The van der Waals surface area contributed by atoms with Crippen LogP contribution in [0.3, 0.4) is 0 Å². The van der Waals surface area contributed by atoms with E-state index in [0.29, 0.717) is 5.92 Å². The number of methoxy groups -OCH3 is 1. The molecule has 0 bridgehead atoms. The van der Waals surface area contributed by atoms with E-state index in [1.54, 1.807) is 7.11 Å². The van der Waals surface area contributed by atoms with Crippen molar-refractivity contribution in [3.63, 3.8) is 0 Å². The van der Waals surface area contributed by atoms with Crippen molar-refractivity contribution in [1.82, 2.24) is 4.90 Å². The summed E-state index contributed by atoms with van der Waals surface area (Å²) in [6, 6.07) is 8.01. The van der Waals surface area contributed by atoms with Crippen molar-refractivity contribution in [1.29, 1.82) is 0 Å². The summed E-state index contributed by atoms with van der Waals surface area (Å²) in [5, 5.41) is 0. The number of rotatable bonds is 4. The van der Waals surface area contributed by atoms with E-state index >= 15 is 0 Å². The van der Waals surface area contributed by atoms with E-state index < -0.39 is 0 Å². The van der Waals surface area contributed by atoms with Gasteiger partial charge in [0, 0.05) is 0 Å². The zero-order valence-electron chi connectivity index (χ0n) is 14.7. The van der Waals surface area contributed by atoms with Gasteiger partial charge in [-0.15, -0.1) is 0 Å². The molecule has 1 aromatic carbocycles. The fourth-order valence-corrected chi connectivity index (χ4v) is 1.16. The minimum absolute atomic E-state index is 0.479. The van der Waals surface area contributed by atoms with Crippen LogP contribution in [0.1, 0.15) is 40.2 Å². The fraction of sp³-hybridized carbons (Fsp3) is 0.556. The third-order valence-electron chi connectivity index (χ3n) is 2.77. The fourth-order valence-electron chi connectivity index (χ4n) is 1.16. The van der Waals surface area contributed by atoms with Crippen molar-refractivity contribution in [2.75, 3.05) is 27.7 Å². The normalized spacial score (nSPS) is 9.30. The quantitative estimate of drug-likeness (QED) is 0.772. The molecule has 0 aromatic heterocycles. The first-order valence-corrected chi connectivity index (χ1v) is 7.40. The van der Waals surface area contributed by atoms with Gasteiger partial charge < -0.3 is 9.64 Å². The molecule has 0 heterocycles. The lowest BCUT2D eigenvalue weighted by atomic mass is 9.97. The van der Waals surface area contributed by atoms with Gasteiger partial charge in [0.2, 0.25) is 0 Å². The van der Waals surface area contributed by atoms with Crippen molar-refractivity contribution in [2.24, 2.45) is 5.92 Å². The molecule has 0 unspecified atom stereocenters. The van der Waals surface area contributed by atoms with Gasteiger partial charge >= 0.3 is 0 Å². The Kier molecular flexibility index (Phi) is 13.4. The maximum atomic E-state index is 5.14. The van der Waals surface area contributed by atoms with E-state index in [2.05, 4.69) is 52.4 Å². The number of benzene rings is 1. The highest BCUT2D eigenvalue weighted by molar-refractivity contribution is 5.65. The lowest BCUT2D eigenvalue weighted by molar-refractivity contribution is 0.414. The number of ether oxygens (including phenoxy) is 1. The predicted molar refractivity (Wildman–Crippen MR) is 92.4 cm³/mol. The van der Waals surface area contributed by atoms with E-state index in [4.69, 9.17) is 4.74 Å². The van der Waals surface area contributed by atoms with Crippen LogP contribution < -0.4 is 4.74 Å². The number of hydrogen-bond acceptors (Lipinski definition) is 2. The van der Waals surface area contributed by atoms with E-state index in [-0.39, 0.29) is 0 Å². The predicted octanol–water partition coefficient (Wildman–Crippen LogP) is 4.96. The zero-order valence-corrected chi connectivity index (χ0v) is 14.7. The topological polar surface area (TPSA) is 12.5 Å². The molecule has 0 amide bonds. The summed E-state index contributed by atoms with van der Waals surface area (Å²) in [6.45, 7) is 15.6. The van der Waals surface area contributed by atoms with Crippen LogP contribution in [0.15, 0.2) is 30.8 Å². The molecule has 0 fully saturated rings. The van der Waals surface area contributed by atoms with Crippen molar-refractivity contribution in [3.8, 4) is 5.75 Å². The average molecular weight is 279 g/mol. The van der Waals surface area contributed by atoms with Crippen LogP contribution in [0.25, 0.3) is 5.57 Å². The first-order valence-electron chi connectivity index (χ1n) is 7.40. The van der Waals surface area contributed by atoms with Gasteiger partial charge in [-0.1, -0.05) is 53.3 Å². The molecule has 2 nitrogen and oxygen atoms in total. The third-order valence-corrected chi connectivity index (χ3v) is 2.77. The second-order valence-corrected chi connectivity index (χ2v) is 4.81. The van der Waals surface area contributed by atoms with Gasteiger partial charge in [0.15, 0.2) is 0 Å². The Balaban J connectivity index is 0. The summed E-state index contributed by atoms with van der Waals surface area (Å²) < 4.78 is 5.14. The van der Waals surface area contributed by atoms with E-state index in [0.717, 1.165) is 23.4 Å². The second-order valence-electron chi connectivity index (χ2n) is 4.81. The van der Waals surface area contributed by atoms with Gasteiger partial charge in [-0.05, 0) is 49.8 Å². The van der Waals surface area contributed by atoms with Crippen LogP contribution in [0.2, 0.25) is 0 Å². The third kappa shape index (κ3) is 9.62. The van der Waals surface area contributed by atoms with Crippen LogP contribution in [-0.2, 0) is 0 Å². The molecular formula is C18H33NO. The Bertz CT molecular complexity index is 356. The molecule has 1 rings (SSSR count). The van der Waals surface area contributed by atoms with Crippen molar-refractivity contribution >= 4 is 5.57 Å². The lowest BCUT2D eigenvalue weighted by Gasteiger charge is -2.10. The minimum Gasteiger partial charge on any atom is -0.497 e. The largest absolute Gasteiger partial charge is 0.497 e. The molecule has 0 N–H and O–H groups in total. The number of hydrogen-bond donors (Lipinski definition) is 0. The van der Waals surface area contributed by atoms with E-state index in [1.807, 2.05) is 32.0 Å². The van der Waals surface area contributed by atoms with Crippen molar-refractivity contribution in [2.45, 2.75) is 34.6 Å². The van der Waals surface area contributed by atoms with Crippen LogP contribution in [0, 0.1) is 5.92 Å².